The fraction of sp³-hybridized carbons (Fsp3) is 0.400. The van der Waals surface area contributed by atoms with E-state index in [2.05, 4.69) is 4.72 Å². The highest BCUT2D eigenvalue weighted by atomic mass is 32.2. The maximum Gasteiger partial charge on any atom is 0.293 e. The number of nitro benzene ring substituents is 1. The van der Waals surface area contributed by atoms with Crippen LogP contribution in [-0.2, 0) is 10.0 Å². The van der Waals surface area contributed by atoms with Gasteiger partial charge in [0.05, 0.1) is 24.7 Å². The first-order chi connectivity index (χ1) is 8.81. The maximum atomic E-state index is 12.0. The number of aliphatic hydroxyl groups is 1. The number of ether oxygens (including phenoxy) is 1. The Balaban J connectivity index is 3.30. The van der Waals surface area contributed by atoms with Gasteiger partial charge >= 0.3 is 0 Å². The molecule has 8 nitrogen and oxygen atoms in total. The van der Waals surface area contributed by atoms with E-state index in [0.717, 1.165) is 12.1 Å². The van der Waals surface area contributed by atoms with E-state index < -0.39 is 38.2 Å². The zero-order valence-corrected chi connectivity index (χ0v) is 11.2. The molecule has 0 aliphatic heterocycles. The number of hydrogen-bond acceptors (Lipinski definition) is 6. The van der Waals surface area contributed by atoms with Crippen LogP contribution in [0.15, 0.2) is 23.1 Å². The summed E-state index contributed by atoms with van der Waals surface area (Å²) >= 11 is 0. The van der Waals surface area contributed by atoms with Crippen LogP contribution in [0.5, 0.6) is 5.75 Å². The lowest BCUT2D eigenvalue weighted by Crippen LogP contribution is -2.35. The summed E-state index contributed by atoms with van der Waals surface area (Å²) in [6, 6.07) is 2.68. The minimum Gasteiger partial charge on any atom is -0.497 e. The second-order valence-electron chi connectivity index (χ2n) is 3.80. The molecule has 0 aliphatic carbocycles. The third kappa shape index (κ3) is 3.63. The van der Waals surface area contributed by atoms with Gasteiger partial charge < -0.3 is 9.84 Å². The molecule has 2 N–H and O–H groups in total. The maximum absolute atomic E-state index is 12.0. The monoisotopic (exact) mass is 290 g/mol. The first kappa shape index (κ1) is 15.3. The van der Waals surface area contributed by atoms with Gasteiger partial charge in [-0.2, -0.15) is 0 Å². The summed E-state index contributed by atoms with van der Waals surface area (Å²) in [5, 5.41) is 19.7. The zero-order valence-electron chi connectivity index (χ0n) is 10.4. The van der Waals surface area contributed by atoms with Crippen molar-refractivity contribution in [2.45, 2.75) is 17.9 Å². The predicted molar refractivity (Wildman–Crippen MR) is 66.5 cm³/mol. The van der Waals surface area contributed by atoms with Crippen molar-refractivity contribution in [2.75, 3.05) is 13.7 Å². The summed E-state index contributed by atoms with van der Waals surface area (Å²) in [6.07, 6.45) is 0. The molecule has 0 radical (unpaired) electrons. The Morgan fingerprint density at radius 2 is 2.16 bits per heavy atom. The van der Waals surface area contributed by atoms with E-state index in [-0.39, 0.29) is 5.75 Å². The van der Waals surface area contributed by atoms with Gasteiger partial charge in [-0.15, -0.1) is 0 Å². The van der Waals surface area contributed by atoms with Crippen LogP contribution in [-0.4, -0.2) is 38.2 Å². The van der Waals surface area contributed by atoms with Gasteiger partial charge in [-0.05, 0) is 19.1 Å². The molecule has 0 saturated heterocycles. The lowest BCUT2D eigenvalue weighted by Gasteiger charge is -2.12. The molecule has 9 heteroatoms. The number of rotatable bonds is 6. The normalized spacial score (nSPS) is 13.0. The van der Waals surface area contributed by atoms with Crippen LogP contribution in [0.25, 0.3) is 0 Å². The number of hydrogen-bond donors (Lipinski definition) is 2. The molecule has 0 fully saturated rings. The van der Waals surface area contributed by atoms with Crippen molar-refractivity contribution < 1.29 is 23.2 Å². The van der Waals surface area contributed by atoms with Crippen LogP contribution in [0.1, 0.15) is 6.92 Å². The van der Waals surface area contributed by atoms with Crippen LogP contribution in [0.2, 0.25) is 0 Å². The standard InChI is InChI=1S/C10H14N2O6S/c1-7(6-13)11-19(16,17)10-4-3-8(18-2)5-9(10)12(14)15/h3-5,7,11,13H,6H2,1-2H3/t7-/m1/s1. The summed E-state index contributed by atoms with van der Waals surface area (Å²) in [6.45, 7) is 1.02. The highest BCUT2D eigenvalue weighted by Crippen LogP contribution is 2.28. The van der Waals surface area contributed by atoms with E-state index >= 15 is 0 Å². The Morgan fingerprint density at radius 1 is 1.53 bits per heavy atom. The Hall–Kier alpha value is -1.71. The second-order valence-corrected chi connectivity index (χ2v) is 5.48. The molecule has 1 atom stereocenters. The molecule has 1 rings (SSSR count). The van der Waals surface area contributed by atoms with Gasteiger partial charge in [0.15, 0.2) is 4.90 Å². The smallest absolute Gasteiger partial charge is 0.293 e. The number of nitrogens with one attached hydrogen (secondary N) is 1. The van der Waals surface area contributed by atoms with Crippen molar-refractivity contribution in [1.29, 1.82) is 0 Å². The Morgan fingerprint density at radius 3 is 2.63 bits per heavy atom. The summed E-state index contributed by atoms with van der Waals surface area (Å²) in [7, 11) is -2.76. The van der Waals surface area contributed by atoms with Crippen LogP contribution in [0.4, 0.5) is 5.69 Å². The zero-order chi connectivity index (χ0) is 14.6. The Bertz CT molecular complexity index is 571. The van der Waals surface area contributed by atoms with Gasteiger partial charge in [-0.25, -0.2) is 13.1 Å². The quantitative estimate of drug-likeness (QED) is 0.573. The van der Waals surface area contributed by atoms with E-state index in [1.165, 1.54) is 20.1 Å². The van der Waals surface area contributed by atoms with Gasteiger partial charge in [0.25, 0.3) is 5.69 Å². The van der Waals surface area contributed by atoms with Gasteiger partial charge in [0.1, 0.15) is 5.75 Å². The van der Waals surface area contributed by atoms with Crippen LogP contribution in [0, 0.1) is 10.1 Å². The fourth-order valence-electron chi connectivity index (χ4n) is 1.36. The molecular formula is C10H14N2O6S. The van der Waals surface area contributed by atoms with Crippen molar-refractivity contribution in [2.24, 2.45) is 0 Å². The molecule has 0 unspecified atom stereocenters. The van der Waals surface area contributed by atoms with E-state index in [1.54, 1.807) is 0 Å². The highest BCUT2D eigenvalue weighted by Gasteiger charge is 2.27. The molecule has 0 saturated carbocycles. The third-order valence-corrected chi connectivity index (χ3v) is 3.92. The van der Waals surface area contributed by atoms with Gasteiger partial charge in [0, 0.05) is 6.04 Å². The summed E-state index contributed by atoms with van der Waals surface area (Å²) < 4.78 is 30.9. The van der Waals surface area contributed by atoms with E-state index in [1.807, 2.05) is 0 Å². The molecule has 1 aromatic carbocycles. The van der Waals surface area contributed by atoms with E-state index in [9.17, 15) is 18.5 Å². The first-order valence-electron chi connectivity index (χ1n) is 5.27. The van der Waals surface area contributed by atoms with Gasteiger partial charge in [-0.3, -0.25) is 10.1 Å². The average molecular weight is 290 g/mol. The summed E-state index contributed by atoms with van der Waals surface area (Å²) in [5.74, 6) is 0.181. The van der Waals surface area contributed by atoms with Crippen molar-refractivity contribution in [1.82, 2.24) is 4.72 Å². The largest absolute Gasteiger partial charge is 0.497 e. The number of nitro groups is 1. The molecular weight excluding hydrogens is 276 g/mol. The molecule has 1 aromatic rings. The SMILES string of the molecule is COc1ccc(S(=O)(=O)N[C@H](C)CO)c([N+](=O)[O-])c1. The number of nitrogens with zero attached hydrogens (tertiary/aromatic N) is 1. The molecule has 0 aliphatic rings. The Labute approximate surface area is 110 Å². The van der Waals surface area contributed by atoms with E-state index in [4.69, 9.17) is 9.84 Å². The summed E-state index contributed by atoms with van der Waals surface area (Å²) in [4.78, 5) is 9.62. The lowest BCUT2D eigenvalue weighted by atomic mass is 10.3. The fourth-order valence-corrected chi connectivity index (χ4v) is 2.75. The molecule has 0 spiro atoms. The topological polar surface area (TPSA) is 119 Å². The second kappa shape index (κ2) is 5.95. The van der Waals surface area contributed by atoms with Crippen LogP contribution < -0.4 is 9.46 Å². The third-order valence-electron chi connectivity index (χ3n) is 2.28. The highest BCUT2D eigenvalue weighted by molar-refractivity contribution is 7.89. The van der Waals surface area contributed by atoms with Crippen molar-refractivity contribution in [3.05, 3.63) is 28.3 Å². The van der Waals surface area contributed by atoms with Crippen molar-refractivity contribution in [3.63, 3.8) is 0 Å². The molecule has 0 amide bonds. The van der Waals surface area contributed by atoms with Crippen LogP contribution >= 0.6 is 0 Å². The van der Waals surface area contributed by atoms with Gasteiger partial charge in [-0.1, -0.05) is 0 Å². The molecule has 0 bridgehead atoms. The number of sulfonamides is 1. The van der Waals surface area contributed by atoms with Gasteiger partial charge in [0.2, 0.25) is 10.0 Å². The molecule has 0 heterocycles. The average Bonchev–Trinajstić information content (AvgIpc) is 2.37. The van der Waals surface area contributed by atoms with Crippen LogP contribution in [0.3, 0.4) is 0 Å². The minimum atomic E-state index is -4.08. The molecule has 0 aromatic heterocycles. The number of methoxy groups -OCH3 is 1. The van der Waals surface area contributed by atoms with E-state index in [0.29, 0.717) is 0 Å². The summed E-state index contributed by atoms with van der Waals surface area (Å²) in [5.41, 5.74) is -0.586. The first-order valence-corrected chi connectivity index (χ1v) is 6.75. The van der Waals surface area contributed by atoms with Crippen molar-refractivity contribution >= 4 is 15.7 Å². The van der Waals surface area contributed by atoms with Crippen molar-refractivity contribution in [3.8, 4) is 5.75 Å². The number of benzene rings is 1. The molecule has 106 valence electrons. The lowest BCUT2D eigenvalue weighted by molar-refractivity contribution is -0.387. The molecule has 19 heavy (non-hydrogen) atoms. The number of aliphatic hydroxyl groups excluding tert-OH is 1. The predicted octanol–water partition coefficient (Wildman–Crippen LogP) is 0.263. The Kier molecular flexibility index (Phi) is 4.81. The minimum absolute atomic E-state index is 0.181.